The molecule has 0 atom stereocenters. The molecule has 0 N–H and O–H groups in total. The van der Waals surface area contributed by atoms with Crippen molar-refractivity contribution < 1.29 is 31.5 Å². The number of hydrogen-bond acceptors (Lipinski definition) is 2. The predicted octanol–water partition coefficient (Wildman–Crippen LogP) is 7.83. The van der Waals surface area contributed by atoms with Crippen LogP contribution in [0.3, 0.4) is 0 Å². The van der Waals surface area contributed by atoms with Crippen molar-refractivity contribution in [3.8, 4) is 5.75 Å². The lowest BCUT2D eigenvalue weighted by molar-refractivity contribution is -0.0790. The van der Waals surface area contributed by atoms with Gasteiger partial charge in [0.05, 0.1) is 5.56 Å². The third kappa shape index (κ3) is 6.40. The minimum Gasteiger partial charge on any atom is -0.423 e. The SMILES string of the molecule is CCCC1CCC(c2ccc(C(=O)Oc3cc(F)c(/C=C/C(F)(F)F)c(F)c3)cc2)CC1. The second-order valence-corrected chi connectivity index (χ2v) is 8.19. The molecular weight excluding hydrogens is 427 g/mol. The number of benzene rings is 2. The first kappa shape index (κ1) is 24.0. The monoisotopic (exact) mass is 452 g/mol. The number of carbonyl (C=O) groups is 1. The fourth-order valence-electron chi connectivity index (χ4n) is 4.21. The second-order valence-electron chi connectivity index (χ2n) is 8.19. The summed E-state index contributed by atoms with van der Waals surface area (Å²) >= 11 is 0. The molecule has 1 aliphatic carbocycles. The Balaban J connectivity index is 1.64. The highest BCUT2D eigenvalue weighted by atomic mass is 19.4. The molecule has 0 saturated heterocycles. The van der Waals surface area contributed by atoms with E-state index in [2.05, 4.69) is 6.92 Å². The van der Waals surface area contributed by atoms with Crippen molar-refractivity contribution in [3.63, 3.8) is 0 Å². The summed E-state index contributed by atoms with van der Waals surface area (Å²) in [6.07, 6.45) is 2.42. The molecule has 0 heterocycles. The lowest BCUT2D eigenvalue weighted by atomic mass is 9.77. The van der Waals surface area contributed by atoms with Gasteiger partial charge in [-0.05, 0) is 61.3 Å². The molecular formula is C25H25F5O2. The number of carbonyl (C=O) groups excluding carboxylic acids is 1. The highest BCUT2D eigenvalue weighted by Crippen LogP contribution is 2.37. The van der Waals surface area contributed by atoms with E-state index >= 15 is 0 Å². The third-order valence-electron chi connectivity index (χ3n) is 5.86. The average molecular weight is 452 g/mol. The first-order valence-corrected chi connectivity index (χ1v) is 10.7. The predicted molar refractivity (Wildman–Crippen MR) is 112 cm³/mol. The molecule has 2 nitrogen and oxygen atoms in total. The van der Waals surface area contributed by atoms with Crippen LogP contribution < -0.4 is 4.74 Å². The molecule has 0 bridgehead atoms. The van der Waals surface area contributed by atoms with E-state index in [9.17, 15) is 26.7 Å². The van der Waals surface area contributed by atoms with Crippen molar-refractivity contribution in [2.24, 2.45) is 5.92 Å². The standard InChI is InChI=1S/C25H25F5O2/c1-2-3-16-4-6-17(7-5-16)18-8-10-19(11-9-18)24(31)32-20-14-22(26)21(23(27)15-20)12-13-25(28,29)30/h8-17H,2-7H2,1H3/b13-12+. The molecule has 0 aliphatic heterocycles. The Morgan fingerprint density at radius 1 is 1.03 bits per heavy atom. The number of rotatable bonds is 6. The van der Waals surface area contributed by atoms with E-state index in [1.165, 1.54) is 25.7 Å². The molecule has 0 spiro atoms. The molecule has 0 radical (unpaired) electrons. The van der Waals surface area contributed by atoms with Gasteiger partial charge in [-0.15, -0.1) is 0 Å². The van der Waals surface area contributed by atoms with Gasteiger partial charge in [-0.3, -0.25) is 0 Å². The van der Waals surface area contributed by atoms with E-state index < -0.39 is 35.1 Å². The second kappa shape index (κ2) is 10.3. The molecule has 32 heavy (non-hydrogen) atoms. The highest BCUT2D eigenvalue weighted by Gasteiger charge is 2.24. The van der Waals surface area contributed by atoms with E-state index in [4.69, 9.17) is 4.74 Å². The van der Waals surface area contributed by atoms with Crippen LogP contribution in [-0.4, -0.2) is 12.1 Å². The Morgan fingerprint density at radius 3 is 2.16 bits per heavy atom. The minimum absolute atomic E-state index is 0.218. The number of allylic oxidation sites excluding steroid dienone is 1. The number of alkyl halides is 3. The van der Waals surface area contributed by atoms with Crippen molar-refractivity contribution in [1.29, 1.82) is 0 Å². The molecule has 0 unspecified atom stereocenters. The summed E-state index contributed by atoms with van der Waals surface area (Å²) in [7, 11) is 0. The molecule has 172 valence electrons. The Labute approximate surface area is 184 Å². The van der Waals surface area contributed by atoms with Gasteiger partial charge < -0.3 is 4.74 Å². The van der Waals surface area contributed by atoms with Crippen LogP contribution in [0.2, 0.25) is 0 Å². The highest BCUT2D eigenvalue weighted by molar-refractivity contribution is 5.91. The van der Waals surface area contributed by atoms with Crippen molar-refractivity contribution >= 4 is 12.0 Å². The maximum Gasteiger partial charge on any atom is 0.409 e. The van der Waals surface area contributed by atoms with Gasteiger partial charge in [0.25, 0.3) is 0 Å². The summed E-state index contributed by atoms with van der Waals surface area (Å²) in [6.45, 7) is 2.20. The lowest BCUT2D eigenvalue weighted by Crippen LogP contribution is -2.14. The van der Waals surface area contributed by atoms with Gasteiger partial charge in [-0.2, -0.15) is 13.2 Å². The van der Waals surface area contributed by atoms with Gasteiger partial charge >= 0.3 is 12.1 Å². The molecule has 1 aliphatic rings. The molecule has 2 aromatic carbocycles. The van der Waals surface area contributed by atoms with Gasteiger partial charge in [0.2, 0.25) is 0 Å². The molecule has 1 fully saturated rings. The summed E-state index contributed by atoms with van der Waals surface area (Å²) in [5.74, 6) is -2.51. The lowest BCUT2D eigenvalue weighted by Gasteiger charge is -2.28. The first-order valence-electron chi connectivity index (χ1n) is 10.7. The Morgan fingerprint density at radius 2 is 1.62 bits per heavy atom. The van der Waals surface area contributed by atoms with Crippen LogP contribution >= 0.6 is 0 Å². The molecule has 2 aromatic rings. The van der Waals surface area contributed by atoms with E-state index in [-0.39, 0.29) is 11.6 Å². The smallest absolute Gasteiger partial charge is 0.409 e. The minimum atomic E-state index is -4.70. The molecule has 7 heteroatoms. The fraction of sp³-hybridized carbons (Fsp3) is 0.400. The third-order valence-corrected chi connectivity index (χ3v) is 5.86. The molecule has 1 saturated carbocycles. The van der Waals surface area contributed by atoms with Crippen LogP contribution in [0.1, 0.15) is 72.9 Å². The fourth-order valence-corrected chi connectivity index (χ4v) is 4.21. The van der Waals surface area contributed by atoms with Gasteiger partial charge in [-0.25, -0.2) is 13.6 Å². The first-order chi connectivity index (χ1) is 15.2. The normalized spacial score (nSPS) is 19.3. The topological polar surface area (TPSA) is 26.3 Å². The zero-order chi connectivity index (χ0) is 23.3. The number of hydrogen-bond donors (Lipinski definition) is 0. The van der Waals surface area contributed by atoms with Crippen molar-refractivity contribution in [1.82, 2.24) is 0 Å². The quantitative estimate of drug-likeness (QED) is 0.254. The van der Waals surface area contributed by atoms with Crippen molar-refractivity contribution in [2.75, 3.05) is 0 Å². The Hall–Kier alpha value is -2.70. The van der Waals surface area contributed by atoms with Gasteiger partial charge in [0.15, 0.2) is 0 Å². The summed E-state index contributed by atoms with van der Waals surface area (Å²) in [5.41, 5.74) is 0.504. The zero-order valence-electron chi connectivity index (χ0n) is 17.7. The van der Waals surface area contributed by atoms with Crippen LogP contribution in [0.4, 0.5) is 22.0 Å². The molecule has 0 amide bonds. The zero-order valence-corrected chi connectivity index (χ0v) is 17.7. The number of halogens is 5. The average Bonchev–Trinajstić information content (AvgIpc) is 2.73. The maximum absolute atomic E-state index is 14.0. The largest absolute Gasteiger partial charge is 0.423 e. The van der Waals surface area contributed by atoms with Gasteiger partial charge in [-0.1, -0.05) is 31.9 Å². The van der Waals surface area contributed by atoms with Crippen molar-refractivity contribution in [2.45, 2.75) is 57.5 Å². The Bertz CT molecular complexity index is 932. The van der Waals surface area contributed by atoms with E-state index in [1.807, 2.05) is 12.1 Å². The maximum atomic E-state index is 14.0. The molecule has 3 rings (SSSR count). The molecule has 0 aromatic heterocycles. The van der Waals surface area contributed by atoms with Crippen LogP contribution in [0.5, 0.6) is 5.75 Å². The number of esters is 1. The van der Waals surface area contributed by atoms with Gasteiger partial charge in [0, 0.05) is 23.8 Å². The summed E-state index contributed by atoms with van der Waals surface area (Å²) in [6, 6.07) is 8.33. The van der Waals surface area contributed by atoms with E-state index in [0.717, 1.165) is 24.3 Å². The van der Waals surface area contributed by atoms with Crippen LogP contribution in [0, 0.1) is 17.6 Å². The summed E-state index contributed by atoms with van der Waals surface area (Å²) < 4.78 is 69.8. The van der Waals surface area contributed by atoms with E-state index in [0.29, 0.717) is 24.1 Å². The number of ether oxygens (including phenoxy) is 1. The van der Waals surface area contributed by atoms with Crippen molar-refractivity contribution in [3.05, 3.63) is 70.8 Å². The Kier molecular flexibility index (Phi) is 7.69. The van der Waals surface area contributed by atoms with Crippen LogP contribution in [-0.2, 0) is 0 Å². The van der Waals surface area contributed by atoms with Crippen LogP contribution in [0.25, 0.3) is 6.08 Å². The van der Waals surface area contributed by atoms with E-state index in [1.54, 1.807) is 12.1 Å². The van der Waals surface area contributed by atoms with Crippen LogP contribution in [0.15, 0.2) is 42.5 Å². The summed E-state index contributed by atoms with van der Waals surface area (Å²) in [5, 5.41) is 0. The van der Waals surface area contributed by atoms with Gasteiger partial charge in [0.1, 0.15) is 17.4 Å². The summed E-state index contributed by atoms with van der Waals surface area (Å²) in [4.78, 5) is 12.4.